The van der Waals surface area contributed by atoms with Crippen molar-refractivity contribution in [2.24, 2.45) is 23.0 Å². The van der Waals surface area contributed by atoms with Gasteiger partial charge in [-0.05, 0) is 31.1 Å². The molecule has 96 valence electrons. The molecule has 2 aliphatic carbocycles. The van der Waals surface area contributed by atoms with Crippen LogP contribution in [0.15, 0.2) is 0 Å². The Morgan fingerprint density at radius 1 is 1.47 bits per heavy atom. The van der Waals surface area contributed by atoms with Gasteiger partial charge in [-0.2, -0.15) is 0 Å². The SMILES string of the molecule is CC1CC(C(=O)NCCC2CCC2)(C(N)=S)C1. The van der Waals surface area contributed by atoms with Crippen molar-refractivity contribution in [2.45, 2.75) is 45.4 Å². The van der Waals surface area contributed by atoms with Gasteiger partial charge in [-0.15, -0.1) is 0 Å². The normalized spacial score (nSPS) is 32.4. The molecule has 0 aromatic heterocycles. The molecule has 0 heterocycles. The minimum atomic E-state index is -0.533. The number of hydrogen-bond acceptors (Lipinski definition) is 2. The average molecular weight is 254 g/mol. The summed E-state index contributed by atoms with van der Waals surface area (Å²) in [5, 5.41) is 3.02. The van der Waals surface area contributed by atoms with Crippen molar-refractivity contribution in [3.63, 3.8) is 0 Å². The first kappa shape index (κ1) is 12.8. The lowest BCUT2D eigenvalue weighted by Gasteiger charge is -2.44. The molecule has 3 N–H and O–H groups in total. The summed E-state index contributed by atoms with van der Waals surface area (Å²) in [6.45, 7) is 2.92. The quantitative estimate of drug-likeness (QED) is 0.738. The number of hydrogen-bond donors (Lipinski definition) is 2. The largest absolute Gasteiger partial charge is 0.392 e. The van der Waals surface area contributed by atoms with E-state index in [2.05, 4.69) is 12.2 Å². The van der Waals surface area contributed by atoms with Crippen LogP contribution < -0.4 is 11.1 Å². The number of carbonyl (C=O) groups excluding carboxylic acids is 1. The average Bonchev–Trinajstić information content (AvgIpc) is 2.15. The summed E-state index contributed by atoms with van der Waals surface area (Å²) >= 11 is 5.06. The fourth-order valence-electron chi connectivity index (χ4n) is 2.97. The predicted octanol–water partition coefficient (Wildman–Crippen LogP) is 2.00. The number of nitrogens with one attached hydrogen (secondary N) is 1. The van der Waals surface area contributed by atoms with E-state index in [1.54, 1.807) is 0 Å². The molecule has 2 rings (SSSR count). The minimum absolute atomic E-state index is 0.0578. The molecule has 0 aromatic rings. The Bertz CT molecular complexity index is 319. The number of nitrogens with two attached hydrogens (primary N) is 1. The molecule has 0 spiro atoms. The predicted molar refractivity (Wildman–Crippen MR) is 72.6 cm³/mol. The summed E-state index contributed by atoms with van der Waals surface area (Å²) in [5.41, 5.74) is 5.20. The zero-order valence-corrected chi connectivity index (χ0v) is 11.3. The van der Waals surface area contributed by atoms with Gasteiger partial charge in [-0.25, -0.2) is 0 Å². The van der Waals surface area contributed by atoms with Crippen molar-refractivity contribution in [1.82, 2.24) is 5.32 Å². The van der Waals surface area contributed by atoms with Crippen molar-refractivity contribution in [2.75, 3.05) is 6.54 Å². The van der Waals surface area contributed by atoms with Crippen LogP contribution in [0.2, 0.25) is 0 Å². The lowest BCUT2D eigenvalue weighted by molar-refractivity contribution is -0.132. The zero-order chi connectivity index (χ0) is 12.5. The van der Waals surface area contributed by atoms with Crippen LogP contribution in [0.5, 0.6) is 0 Å². The topological polar surface area (TPSA) is 55.1 Å². The standard InChI is InChI=1S/C13H22N2OS/c1-9-7-13(8-9,11(14)17)12(16)15-6-5-10-3-2-4-10/h9-10H,2-8H2,1H3,(H2,14,17)(H,15,16). The van der Waals surface area contributed by atoms with Crippen LogP contribution in [-0.2, 0) is 4.79 Å². The van der Waals surface area contributed by atoms with Crippen molar-refractivity contribution in [3.05, 3.63) is 0 Å². The first-order valence-electron chi connectivity index (χ1n) is 6.63. The van der Waals surface area contributed by atoms with Crippen molar-refractivity contribution in [3.8, 4) is 0 Å². The van der Waals surface area contributed by atoms with Gasteiger partial charge in [0.1, 0.15) is 0 Å². The first-order chi connectivity index (χ1) is 8.04. The minimum Gasteiger partial charge on any atom is -0.392 e. The number of amides is 1. The molecule has 2 aliphatic rings. The third-order valence-electron chi connectivity index (χ3n) is 4.36. The second kappa shape index (κ2) is 4.92. The lowest BCUT2D eigenvalue weighted by Crippen LogP contribution is -2.56. The van der Waals surface area contributed by atoms with Gasteiger partial charge in [0.25, 0.3) is 0 Å². The Morgan fingerprint density at radius 3 is 2.53 bits per heavy atom. The lowest BCUT2D eigenvalue weighted by atomic mass is 9.62. The third-order valence-corrected chi connectivity index (χ3v) is 4.75. The molecule has 0 aliphatic heterocycles. The van der Waals surface area contributed by atoms with Crippen LogP contribution in [0.1, 0.15) is 45.4 Å². The molecular formula is C13H22N2OS. The smallest absolute Gasteiger partial charge is 0.233 e. The van der Waals surface area contributed by atoms with E-state index >= 15 is 0 Å². The van der Waals surface area contributed by atoms with E-state index in [9.17, 15) is 4.79 Å². The van der Waals surface area contributed by atoms with Gasteiger partial charge < -0.3 is 11.1 Å². The maximum absolute atomic E-state index is 12.1. The van der Waals surface area contributed by atoms with Gasteiger partial charge in [-0.1, -0.05) is 38.4 Å². The summed E-state index contributed by atoms with van der Waals surface area (Å²) in [7, 11) is 0. The van der Waals surface area contributed by atoms with E-state index in [1.807, 2.05) is 0 Å². The highest BCUT2D eigenvalue weighted by Crippen LogP contribution is 2.46. The molecule has 0 atom stereocenters. The second-order valence-electron chi connectivity index (χ2n) is 5.80. The van der Waals surface area contributed by atoms with Gasteiger partial charge >= 0.3 is 0 Å². The number of carbonyl (C=O) groups is 1. The first-order valence-corrected chi connectivity index (χ1v) is 7.03. The molecule has 0 saturated heterocycles. The second-order valence-corrected chi connectivity index (χ2v) is 6.24. The van der Waals surface area contributed by atoms with Gasteiger partial charge in [-0.3, -0.25) is 4.79 Å². The van der Waals surface area contributed by atoms with Crippen LogP contribution >= 0.6 is 12.2 Å². The summed E-state index contributed by atoms with van der Waals surface area (Å²) in [6.07, 6.45) is 6.75. The Kier molecular flexibility index (Phi) is 3.71. The van der Waals surface area contributed by atoms with E-state index in [0.717, 1.165) is 31.7 Å². The summed E-state index contributed by atoms with van der Waals surface area (Å²) in [6, 6.07) is 0. The van der Waals surface area contributed by atoms with E-state index < -0.39 is 5.41 Å². The van der Waals surface area contributed by atoms with Crippen molar-refractivity contribution >= 4 is 23.1 Å². The highest BCUT2D eigenvalue weighted by atomic mass is 32.1. The van der Waals surface area contributed by atoms with Gasteiger partial charge in [0.2, 0.25) is 5.91 Å². The van der Waals surface area contributed by atoms with Crippen LogP contribution in [0.25, 0.3) is 0 Å². The van der Waals surface area contributed by atoms with E-state index in [0.29, 0.717) is 10.9 Å². The Hall–Kier alpha value is -0.640. The van der Waals surface area contributed by atoms with Gasteiger partial charge in [0, 0.05) is 6.54 Å². The highest BCUT2D eigenvalue weighted by Gasteiger charge is 2.50. The fraction of sp³-hybridized carbons (Fsp3) is 0.846. The molecule has 2 saturated carbocycles. The molecule has 0 bridgehead atoms. The van der Waals surface area contributed by atoms with Crippen molar-refractivity contribution < 1.29 is 4.79 Å². The van der Waals surface area contributed by atoms with E-state index in [-0.39, 0.29) is 5.91 Å². The van der Waals surface area contributed by atoms with Gasteiger partial charge in [0.15, 0.2) is 0 Å². The van der Waals surface area contributed by atoms with E-state index in [1.165, 1.54) is 19.3 Å². The molecule has 4 heteroatoms. The maximum atomic E-state index is 12.1. The summed E-state index contributed by atoms with van der Waals surface area (Å²) < 4.78 is 0. The molecule has 2 fully saturated rings. The summed E-state index contributed by atoms with van der Waals surface area (Å²) in [5.74, 6) is 1.45. The van der Waals surface area contributed by atoms with Crippen LogP contribution in [0.4, 0.5) is 0 Å². The zero-order valence-electron chi connectivity index (χ0n) is 10.5. The number of rotatable bonds is 5. The monoisotopic (exact) mass is 254 g/mol. The summed E-state index contributed by atoms with van der Waals surface area (Å²) in [4.78, 5) is 12.5. The molecule has 0 radical (unpaired) electrons. The van der Waals surface area contributed by atoms with Crippen LogP contribution in [-0.4, -0.2) is 17.4 Å². The molecular weight excluding hydrogens is 232 g/mol. The van der Waals surface area contributed by atoms with E-state index in [4.69, 9.17) is 18.0 Å². The molecule has 0 aromatic carbocycles. The Morgan fingerprint density at radius 2 is 2.12 bits per heavy atom. The van der Waals surface area contributed by atoms with Crippen molar-refractivity contribution in [1.29, 1.82) is 0 Å². The van der Waals surface area contributed by atoms with Crippen LogP contribution in [0, 0.1) is 17.3 Å². The maximum Gasteiger partial charge on any atom is 0.233 e. The molecule has 17 heavy (non-hydrogen) atoms. The van der Waals surface area contributed by atoms with Gasteiger partial charge in [0.05, 0.1) is 10.4 Å². The highest BCUT2D eigenvalue weighted by molar-refractivity contribution is 7.80. The third kappa shape index (κ3) is 2.46. The fourth-order valence-corrected chi connectivity index (χ4v) is 3.23. The van der Waals surface area contributed by atoms with Crippen LogP contribution in [0.3, 0.4) is 0 Å². The Labute approximate surface area is 109 Å². The molecule has 3 nitrogen and oxygen atoms in total. The molecule has 0 unspecified atom stereocenters. The Balaban J connectivity index is 1.78. The molecule has 1 amide bonds. The number of thiocarbonyl (C=S) groups is 1.